The Labute approximate surface area is 406 Å². The number of hydrogen-bond donors (Lipinski definition) is 0. The fraction of sp³-hybridized carbons (Fsp3) is 0.0312. The Morgan fingerprint density at radius 3 is 1.16 bits per heavy atom. The lowest BCUT2D eigenvalue weighted by Crippen LogP contribution is -2.89. The van der Waals surface area contributed by atoms with Crippen LogP contribution < -0.4 is 70.5 Å². The van der Waals surface area contributed by atoms with Crippen molar-refractivity contribution in [3.63, 3.8) is 0 Å². The van der Waals surface area contributed by atoms with E-state index in [1.165, 1.54) is 115 Å². The molecular weight excluding hydrogens is 826 g/mol. The van der Waals surface area contributed by atoms with E-state index >= 15 is 0 Å². The third kappa shape index (κ3) is 6.09. The van der Waals surface area contributed by atoms with E-state index in [9.17, 15) is 0 Å². The third-order valence-corrected chi connectivity index (χ3v) is 15.7. The van der Waals surface area contributed by atoms with Crippen LogP contribution in [0.5, 0.6) is 0 Å². The van der Waals surface area contributed by atoms with Crippen molar-refractivity contribution in [2.45, 2.75) is 13.8 Å². The summed E-state index contributed by atoms with van der Waals surface area (Å²) in [6.07, 6.45) is 0. The van der Waals surface area contributed by atoms with Gasteiger partial charge in [-0.1, -0.05) is 283 Å². The first kappa shape index (κ1) is 40.1. The number of anilines is 3. The topological polar surface area (TPSA) is 3.24 Å². The largest absolute Gasteiger partial charge is 0.310 e. The zero-order valence-corrected chi connectivity index (χ0v) is 38.8. The molecule has 3 aliphatic rings. The van der Waals surface area contributed by atoms with Crippen LogP contribution in [0.2, 0.25) is 0 Å². The summed E-state index contributed by atoms with van der Waals surface area (Å²) in [6.45, 7) is 4.77. The zero-order valence-electron chi connectivity index (χ0n) is 38.8. The lowest BCUT2D eigenvalue weighted by Gasteiger charge is -2.43. The summed E-state index contributed by atoms with van der Waals surface area (Å²) < 4.78 is 0. The molecule has 0 spiro atoms. The van der Waals surface area contributed by atoms with Gasteiger partial charge in [-0.05, 0) is 71.5 Å². The fourth-order valence-electron chi connectivity index (χ4n) is 13.2. The molecule has 0 unspecified atom stereocenters. The lowest BCUT2D eigenvalue weighted by molar-refractivity contribution is 1.30. The molecule has 11 aromatic carbocycles. The van der Waals surface area contributed by atoms with Crippen molar-refractivity contribution in [3.8, 4) is 11.1 Å². The number of hydrogen-bond acceptors (Lipinski definition) is 1. The van der Waals surface area contributed by atoms with E-state index in [4.69, 9.17) is 0 Å². The quantitative estimate of drug-likeness (QED) is 0.167. The van der Waals surface area contributed by atoms with Gasteiger partial charge in [-0.3, -0.25) is 0 Å². The van der Waals surface area contributed by atoms with E-state index in [2.05, 4.69) is 255 Å². The molecule has 0 aromatic heterocycles. The first-order chi connectivity index (χ1) is 34.1. The van der Waals surface area contributed by atoms with E-state index < -0.39 is 0 Å². The molecular formula is C64H45B4N. The van der Waals surface area contributed by atoms with Gasteiger partial charge in [0.15, 0.2) is 0 Å². The molecule has 3 aliphatic heterocycles. The van der Waals surface area contributed by atoms with Crippen LogP contribution in [0.15, 0.2) is 237 Å². The molecule has 0 atom stereocenters. The maximum atomic E-state index is 2.46. The average Bonchev–Trinajstić information content (AvgIpc) is 3.39. The van der Waals surface area contributed by atoms with Crippen LogP contribution in [0, 0.1) is 13.8 Å². The van der Waals surface area contributed by atoms with Crippen LogP contribution in [-0.4, -0.2) is 26.9 Å². The van der Waals surface area contributed by atoms with Gasteiger partial charge in [0.25, 0.3) is 0 Å². The highest BCUT2D eigenvalue weighted by Crippen LogP contribution is 2.38. The predicted octanol–water partition coefficient (Wildman–Crippen LogP) is 6.75. The Bertz CT molecular complexity index is 3810. The van der Waals surface area contributed by atoms with Gasteiger partial charge in [0.2, 0.25) is 26.9 Å². The molecule has 0 fully saturated rings. The first-order valence-corrected chi connectivity index (χ1v) is 24.6. The zero-order chi connectivity index (χ0) is 45.7. The van der Waals surface area contributed by atoms with E-state index in [-0.39, 0.29) is 26.9 Å². The van der Waals surface area contributed by atoms with E-state index in [0.717, 1.165) is 11.4 Å². The second-order valence-electron chi connectivity index (χ2n) is 19.5. The fourth-order valence-corrected chi connectivity index (χ4v) is 13.2. The molecule has 69 heavy (non-hydrogen) atoms. The smallest absolute Gasteiger partial charge is 0.240 e. The molecule has 14 rings (SSSR count). The maximum Gasteiger partial charge on any atom is 0.240 e. The Balaban J connectivity index is 0.972. The molecule has 0 amide bonds. The second-order valence-corrected chi connectivity index (χ2v) is 19.5. The number of para-hydroxylation sites is 2. The van der Waals surface area contributed by atoms with Crippen LogP contribution in [0.3, 0.4) is 0 Å². The normalized spacial score (nSPS) is 13.0. The minimum atomic E-state index is 0.0478. The Kier molecular flexibility index (Phi) is 9.18. The molecule has 0 saturated heterocycles. The summed E-state index contributed by atoms with van der Waals surface area (Å²) in [5.74, 6) is 0. The van der Waals surface area contributed by atoms with Gasteiger partial charge in [0.05, 0.1) is 5.69 Å². The molecule has 318 valence electrons. The summed E-state index contributed by atoms with van der Waals surface area (Å²) in [7, 11) is 0. The molecule has 3 heterocycles. The van der Waals surface area contributed by atoms with Crippen LogP contribution >= 0.6 is 0 Å². The lowest BCUT2D eigenvalue weighted by atomic mass is 9.11. The molecule has 0 saturated carbocycles. The summed E-state index contributed by atoms with van der Waals surface area (Å²) >= 11 is 0. The molecule has 5 heteroatoms. The summed E-state index contributed by atoms with van der Waals surface area (Å²) in [5.41, 5.74) is 25.7. The summed E-state index contributed by atoms with van der Waals surface area (Å²) in [4.78, 5) is 2.41. The van der Waals surface area contributed by atoms with Gasteiger partial charge < -0.3 is 4.90 Å². The van der Waals surface area contributed by atoms with Crippen molar-refractivity contribution >= 4 is 131 Å². The van der Waals surface area contributed by atoms with Crippen LogP contribution in [0.25, 0.3) is 32.7 Å². The molecule has 0 bridgehead atoms. The van der Waals surface area contributed by atoms with Gasteiger partial charge in [0, 0.05) is 16.8 Å². The van der Waals surface area contributed by atoms with Crippen LogP contribution in [0.1, 0.15) is 11.1 Å². The highest BCUT2D eigenvalue weighted by atomic mass is 15.1. The van der Waals surface area contributed by atoms with Crippen molar-refractivity contribution in [1.29, 1.82) is 0 Å². The minimum Gasteiger partial charge on any atom is -0.310 e. The van der Waals surface area contributed by atoms with Gasteiger partial charge in [-0.2, -0.15) is 0 Å². The van der Waals surface area contributed by atoms with E-state index in [1.54, 1.807) is 0 Å². The molecule has 0 aliphatic carbocycles. The highest BCUT2D eigenvalue weighted by Gasteiger charge is 2.50. The number of nitrogens with zero attached hydrogens (tertiary/aromatic N) is 1. The minimum absolute atomic E-state index is 0.0478. The monoisotopic (exact) mass is 871 g/mol. The highest BCUT2D eigenvalue weighted by molar-refractivity contribution is 7.22. The molecule has 1 nitrogen and oxygen atoms in total. The standard InChI is InChI=1S/C64H45B4N/c1-42-39-43(2)41-44(40-42)47-23-13-25-49-48(47)24-14-32-52(49)65-54-28-9-11-30-56(54)67-61-37-18-35-59-64(61)68(60-36-17-34-58(65)63(60)67)57-31-12-10-29-55(57)66(59)53-33-15-27-51-50(53)26-16-38-62(51)69(45-19-5-3-6-20-45)46-21-7-4-8-22-46/h3-41H,1-2H3. The van der Waals surface area contributed by atoms with Crippen molar-refractivity contribution in [2.24, 2.45) is 0 Å². The summed E-state index contributed by atoms with van der Waals surface area (Å²) in [6, 6.07) is 89.7. The number of aryl methyl sites for hydroxylation is 2. The predicted molar refractivity (Wildman–Crippen MR) is 302 cm³/mol. The van der Waals surface area contributed by atoms with Crippen LogP contribution in [0.4, 0.5) is 17.1 Å². The van der Waals surface area contributed by atoms with Gasteiger partial charge >= 0.3 is 0 Å². The van der Waals surface area contributed by atoms with Gasteiger partial charge in [-0.25, -0.2) is 0 Å². The van der Waals surface area contributed by atoms with E-state index in [0.29, 0.717) is 0 Å². The maximum absolute atomic E-state index is 2.46. The number of benzene rings is 11. The van der Waals surface area contributed by atoms with Crippen molar-refractivity contribution in [1.82, 2.24) is 0 Å². The molecule has 11 aromatic rings. The van der Waals surface area contributed by atoms with Crippen molar-refractivity contribution in [2.75, 3.05) is 4.90 Å². The molecule has 0 N–H and O–H groups in total. The van der Waals surface area contributed by atoms with E-state index in [1.807, 2.05) is 0 Å². The van der Waals surface area contributed by atoms with Crippen molar-refractivity contribution < 1.29 is 0 Å². The SMILES string of the molecule is Cc1cc(C)cc(-c2cccc3c(B4c5ccccc5B5c6cccc7c6B(c6ccccc6B7c6cccc7c(N(c8ccccc8)c8ccccc8)cccc67)c6cccc4c65)cccc23)c1. The van der Waals surface area contributed by atoms with Gasteiger partial charge in [0.1, 0.15) is 0 Å². The third-order valence-electron chi connectivity index (χ3n) is 15.7. The summed E-state index contributed by atoms with van der Waals surface area (Å²) in [5, 5.41) is 5.15. The first-order valence-electron chi connectivity index (χ1n) is 24.6. The van der Waals surface area contributed by atoms with Crippen molar-refractivity contribution in [3.05, 3.63) is 248 Å². The van der Waals surface area contributed by atoms with Gasteiger partial charge in [-0.15, -0.1) is 0 Å². The second kappa shape index (κ2) is 15.8. The average molecular weight is 871 g/mol. The van der Waals surface area contributed by atoms with Crippen LogP contribution in [-0.2, 0) is 0 Å². The Hall–Kier alpha value is -8.00. The number of rotatable bonds is 6. The molecule has 0 radical (unpaired) electrons. The Morgan fingerprint density at radius 1 is 0.275 bits per heavy atom. The Morgan fingerprint density at radius 2 is 0.638 bits per heavy atom. The number of fused-ring (bicyclic) bond motifs is 8.